The summed E-state index contributed by atoms with van der Waals surface area (Å²) in [6, 6.07) is 9.24. The molecule has 1 unspecified atom stereocenters. The van der Waals surface area contributed by atoms with Crippen molar-refractivity contribution >= 4 is 16.8 Å². The van der Waals surface area contributed by atoms with Crippen LogP contribution in [0.4, 0.5) is 0 Å². The first-order valence-corrected chi connectivity index (χ1v) is 6.88. The molecule has 0 aliphatic rings. The zero-order chi connectivity index (χ0) is 14.5. The number of hydrogen-bond acceptors (Lipinski definition) is 3. The third-order valence-electron chi connectivity index (χ3n) is 3.43. The summed E-state index contributed by atoms with van der Waals surface area (Å²) in [5.41, 5.74) is 1.49. The van der Waals surface area contributed by atoms with Crippen LogP contribution in [0.1, 0.15) is 30.6 Å². The molecule has 0 aliphatic heterocycles. The molecule has 0 saturated carbocycles. The molecule has 4 nitrogen and oxygen atoms in total. The van der Waals surface area contributed by atoms with E-state index in [1.807, 2.05) is 38.1 Å². The molecule has 0 aliphatic carbocycles. The van der Waals surface area contributed by atoms with Crippen LogP contribution in [0.5, 0.6) is 0 Å². The van der Waals surface area contributed by atoms with Gasteiger partial charge in [-0.3, -0.25) is 9.78 Å². The molecule has 106 valence electrons. The van der Waals surface area contributed by atoms with E-state index in [2.05, 4.69) is 10.3 Å². The maximum Gasteiger partial charge on any atom is 0.251 e. The summed E-state index contributed by atoms with van der Waals surface area (Å²) in [6.07, 6.45) is 2.30. The Bertz CT molecular complexity index is 596. The number of benzene rings is 1. The van der Waals surface area contributed by atoms with Gasteiger partial charge in [0.1, 0.15) is 0 Å². The number of nitrogens with one attached hydrogen (secondary N) is 1. The van der Waals surface area contributed by atoms with Crippen LogP contribution in [0.2, 0.25) is 0 Å². The van der Waals surface area contributed by atoms with Crippen molar-refractivity contribution in [1.29, 1.82) is 0 Å². The number of pyridine rings is 1. The number of hydrogen-bond donors (Lipinski definition) is 2. The monoisotopic (exact) mass is 272 g/mol. The van der Waals surface area contributed by atoms with E-state index in [0.29, 0.717) is 12.0 Å². The van der Waals surface area contributed by atoms with Crippen LogP contribution in [-0.2, 0) is 0 Å². The topological polar surface area (TPSA) is 62.2 Å². The molecule has 2 N–H and O–H groups in total. The predicted molar refractivity (Wildman–Crippen MR) is 79.5 cm³/mol. The fraction of sp³-hybridized carbons (Fsp3) is 0.375. The Kier molecular flexibility index (Phi) is 4.69. The standard InChI is InChI=1S/C16H20N2O2/c1-11(2)14(7-9-19)18-16(20)13-5-6-15-12(10-13)4-3-8-17-15/h3-6,8,10-11,14,19H,7,9H2,1-2H3,(H,18,20). The van der Waals surface area contributed by atoms with Gasteiger partial charge in [-0.1, -0.05) is 19.9 Å². The second kappa shape index (κ2) is 6.48. The minimum atomic E-state index is -0.108. The number of fused-ring (bicyclic) bond motifs is 1. The molecule has 0 radical (unpaired) electrons. The second-order valence-corrected chi connectivity index (χ2v) is 5.25. The Morgan fingerprint density at radius 3 is 2.85 bits per heavy atom. The quantitative estimate of drug-likeness (QED) is 0.878. The maximum atomic E-state index is 12.3. The first-order valence-electron chi connectivity index (χ1n) is 6.88. The van der Waals surface area contributed by atoms with Crippen LogP contribution >= 0.6 is 0 Å². The maximum absolute atomic E-state index is 12.3. The Hall–Kier alpha value is -1.94. The number of aliphatic hydroxyl groups is 1. The molecule has 1 aromatic carbocycles. The highest BCUT2D eigenvalue weighted by molar-refractivity contribution is 5.98. The normalized spacial score (nSPS) is 12.6. The van der Waals surface area contributed by atoms with Crippen molar-refractivity contribution in [2.24, 2.45) is 5.92 Å². The van der Waals surface area contributed by atoms with Crippen molar-refractivity contribution in [1.82, 2.24) is 10.3 Å². The molecule has 0 saturated heterocycles. The molecule has 1 heterocycles. The molecule has 1 aromatic heterocycles. The van der Waals surface area contributed by atoms with Gasteiger partial charge in [-0.15, -0.1) is 0 Å². The lowest BCUT2D eigenvalue weighted by molar-refractivity contribution is 0.0917. The second-order valence-electron chi connectivity index (χ2n) is 5.25. The number of carbonyl (C=O) groups is 1. The van der Waals surface area contributed by atoms with E-state index in [9.17, 15) is 4.79 Å². The molecule has 0 fully saturated rings. The van der Waals surface area contributed by atoms with E-state index < -0.39 is 0 Å². The summed E-state index contributed by atoms with van der Waals surface area (Å²) >= 11 is 0. The zero-order valence-corrected chi connectivity index (χ0v) is 11.8. The Morgan fingerprint density at radius 2 is 2.15 bits per heavy atom. The van der Waals surface area contributed by atoms with Gasteiger partial charge in [0.25, 0.3) is 5.91 Å². The van der Waals surface area contributed by atoms with E-state index in [-0.39, 0.29) is 24.5 Å². The third kappa shape index (κ3) is 3.33. The van der Waals surface area contributed by atoms with E-state index in [1.54, 1.807) is 12.3 Å². The number of amides is 1. The lowest BCUT2D eigenvalue weighted by Crippen LogP contribution is -2.39. The Balaban J connectivity index is 2.18. The lowest BCUT2D eigenvalue weighted by atomic mass is 10.0. The van der Waals surface area contributed by atoms with Crippen LogP contribution in [0.15, 0.2) is 36.5 Å². The Morgan fingerprint density at radius 1 is 1.35 bits per heavy atom. The summed E-state index contributed by atoms with van der Waals surface area (Å²) in [4.78, 5) is 16.5. The van der Waals surface area contributed by atoms with Gasteiger partial charge in [0.05, 0.1) is 5.52 Å². The van der Waals surface area contributed by atoms with Gasteiger partial charge in [-0.25, -0.2) is 0 Å². The number of rotatable bonds is 5. The average molecular weight is 272 g/mol. The summed E-state index contributed by atoms with van der Waals surface area (Å²) in [5, 5.41) is 13.0. The van der Waals surface area contributed by atoms with E-state index in [4.69, 9.17) is 5.11 Å². The molecule has 2 aromatic rings. The molecular formula is C16H20N2O2. The molecule has 2 rings (SSSR count). The highest BCUT2D eigenvalue weighted by Gasteiger charge is 2.16. The summed E-state index contributed by atoms with van der Waals surface area (Å²) in [6.45, 7) is 4.14. The molecule has 20 heavy (non-hydrogen) atoms. The lowest BCUT2D eigenvalue weighted by Gasteiger charge is -2.21. The van der Waals surface area contributed by atoms with E-state index >= 15 is 0 Å². The van der Waals surface area contributed by atoms with E-state index in [1.165, 1.54) is 0 Å². The molecule has 1 atom stereocenters. The van der Waals surface area contributed by atoms with Crippen molar-refractivity contribution in [3.8, 4) is 0 Å². The minimum absolute atomic E-state index is 0.0166. The fourth-order valence-corrected chi connectivity index (χ4v) is 2.18. The van der Waals surface area contributed by atoms with Crippen LogP contribution < -0.4 is 5.32 Å². The zero-order valence-electron chi connectivity index (χ0n) is 11.8. The van der Waals surface area contributed by atoms with E-state index in [0.717, 1.165) is 10.9 Å². The van der Waals surface area contributed by atoms with Gasteiger partial charge in [0.15, 0.2) is 0 Å². The largest absolute Gasteiger partial charge is 0.396 e. The van der Waals surface area contributed by atoms with Gasteiger partial charge in [-0.05, 0) is 36.6 Å². The molecule has 0 bridgehead atoms. The average Bonchev–Trinajstić information content (AvgIpc) is 2.46. The van der Waals surface area contributed by atoms with Gasteiger partial charge in [0, 0.05) is 29.8 Å². The van der Waals surface area contributed by atoms with Crippen molar-refractivity contribution in [2.45, 2.75) is 26.3 Å². The van der Waals surface area contributed by atoms with Crippen molar-refractivity contribution in [3.63, 3.8) is 0 Å². The van der Waals surface area contributed by atoms with Crippen molar-refractivity contribution < 1.29 is 9.90 Å². The van der Waals surface area contributed by atoms with Crippen LogP contribution in [-0.4, -0.2) is 28.6 Å². The Labute approximate surface area is 118 Å². The highest BCUT2D eigenvalue weighted by Crippen LogP contribution is 2.14. The first-order chi connectivity index (χ1) is 9.61. The molecular weight excluding hydrogens is 252 g/mol. The van der Waals surface area contributed by atoms with Crippen LogP contribution in [0, 0.1) is 5.92 Å². The summed E-state index contributed by atoms with van der Waals surface area (Å²) in [7, 11) is 0. The van der Waals surface area contributed by atoms with Crippen molar-refractivity contribution in [2.75, 3.05) is 6.61 Å². The number of nitrogens with zero attached hydrogens (tertiary/aromatic N) is 1. The van der Waals surface area contributed by atoms with Crippen LogP contribution in [0.3, 0.4) is 0 Å². The minimum Gasteiger partial charge on any atom is -0.396 e. The fourth-order valence-electron chi connectivity index (χ4n) is 2.18. The highest BCUT2D eigenvalue weighted by atomic mass is 16.3. The third-order valence-corrected chi connectivity index (χ3v) is 3.43. The van der Waals surface area contributed by atoms with Gasteiger partial charge < -0.3 is 10.4 Å². The van der Waals surface area contributed by atoms with Gasteiger partial charge in [0.2, 0.25) is 0 Å². The van der Waals surface area contributed by atoms with Gasteiger partial charge >= 0.3 is 0 Å². The number of carbonyl (C=O) groups excluding carboxylic acids is 1. The predicted octanol–water partition coefficient (Wildman–Crippen LogP) is 2.37. The van der Waals surface area contributed by atoms with Crippen molar-refractivity contribution in [3.05, 3.63) is 42.1 Å². The summed E-state index contributed by atoms with van der Waals surface area (Å²) in [5.74, 6) is 0.177. The molecule has 1 amide bonds. The molecule has 4 heteroatoms. The molecule has 0 spiro atoms. The smallest absolute Gasteiger partial charge is 0.251 e. The SMILES string of the molecule is CC(C)C(CCO)NC(=O)c1ccc2ncccc2c1. The number of aromatic nitrogens is 1. The van der Waals surface area contributed by atoms with Crippen LogP contribution in [0.25, 0.3) is 10.9 Å². The summed E-state index contributed by atoms with van der Waals surface area (Å²) < 4.78 is 0. The van der Waals surface area contributed by atoms with Gasteiger partial charge in [-0.2, -0.15) is 0 Å². The number of aliphatic hydroxyl groups excluding tert-OH is 1. The first kappa shape index (κ1) is 14.5.